The number of hydrogen-bond donors (Lipinski definition) is 0. The Morgan fingerprint density at radius 3 is 1.50 bits per heavy atom. The molecule has 0 amide bonds. The van der Waals surface area contributed by atoms with Crippen molar-refractivity contribution in [2.24, 2.45) is 0 Å². The fourth-order valence-electron chi connectivity index (χ4n) is 2.10. The van der Waals surface area contributed by atoms with Crippen molar-refractivity contribution in [3.8, 4) is 0 Å². The summed E-state index contributed by atoms with van der Waals surface area (Å²) in [5.41, 5.74) is 0. The van der Waals surface area contributed by atoms with Crippen molar-refractivity contribution in [3.05, 3.63) is 59.2 Å². The Balaban J connectivity index is 0.000000671. The topological polar surface area (TPSA) is 0 Å². The molecule has 0 saturated heterocycles. The highest BCUT2D eigenvalue weighted by molar-refractivity contribution is 5.99. The van der Waals surface area contributed by atoms with Gasteiger partial charge in [-0.2, -0.15) is 0 Å². The highest BCUT2D eigenvalue weighted by atomic mass is 19.2. The van der Waals surface area contributed by atoms with Gasteiger partial charge in [0.2, 0.25) is 0 Å². The summed E-state index contributed by atoms with van der Waals surface area (Å²) in [4.78, 5) is 0. The third-order valence-corrected chi connectivity index (χ3v) is 3.10. The Labute approximate surface area is 133 Å². The molecule has 0 aromatic heterocycles. The lowest BCUT2D eigenvalue weighted by atomic mass is 10.0. The molecule has 0 unspecified atom stereocenters. The van der Waals surface area contributed by atoms with Gasteiger partial charge in [-0.1, -0.05) is 19.9 Å². The van der Waals surface area contributed by atoms with Crippen LogP contribution in [0.15, 0.2) is 24.3 Å². The summed E-state index contributed by atoms with van der Waals surface area (Å²) in [5, 5.41) is -1.50. The van der Waals surface area contributed by atoms with Crippen molar-refractivity contribution in [2.45, 2.75) is 13.8 Å². The van der Waals surface area contributed by atoms with Gasteiger partial charge in [-0.15, -0.1) is 0 Å². The minimum atomic E-state index is -1.99. The molecule has 0 aliphatic heterocycles. The van der Waals surface area contributed by atoms with Gasteiger partial charge in [-0.05, 0) is 23.6 Å². The van der Waals surface area contributed by atoms with E-state index in [2.05, 4.69) is 0 Å². The first-order chi connectivity index (χ1) is 11.4. The van der Waals surface area contributed by atoms with E-state index in [9.17, 15) is 30.7 Å². The number of alkyl halides is 1. The van der Waals surface area contributed by atoms with E-state index in [1.165, 1.54) is 0 Å². The van der Waals surface area contributed by atoms with Crippen molar-refractivity contribution in [2.75, 3.05) is 7.18 Å². The molecule has 3 aromatic carbocycles. The van der Waals surface area contributed by atoms with Gasteiger partial charge in [0.1, 0.15) is 0 Å². The maximum Gasteiger partial charge on any atom is 0.198 e. The molecule has 0 N–H and O–H groups in total. The summed E-state index contributed by atoms with van der Waals surface area (Å²) in [6, 6.07) is 3.63. The minimum Gasteiger partial charge on any atom is -0.255 e. The summed E-state index contributed by atoms with van der Waals surface area (Å²) in [7, 11) is 0.500. The molecular formula is C17H13F7. The van der Waals surface area contributed by atoms with Crippen LogP contribution in [0.2, 0.25) is 0 Å². The van der Waals surface area contributed by atoms with Crippen molar-refractivity contribution in [3.63, 3.8) is 0 Å². The smallest absolute Gasteiger partial charge is 0.198 e. The SMILES string of the molecule is CC.CF.Fc1ccc2cc3c(F)c(F)c(F)c(F)c3cc2c1F. The number of fused-ring (bicyclic) bond motifs is 2. The predicted molar refractivity (Wildman–Crippen MR) is 79.6 cm³/mol. The maximum absolute atomic E-state index is 13.6. The first-order valence-electron chi connectivity index (χ1n) is 6.83. The standard InChI is InChI=1S/C14H4F6.C2H6.CH3F/c15-9-2-1-5-3-7-8(4-6(5)10(9)16)12(18)14(20)13(19)11(7)17;2*1-2/h1-4H;1-2H3;1H3. The molecule has 0 bridgehead atoms. The first kappa shape index (κ1) is 19.7. The highest BCUT2D eigenvalue weighted by Gasteiger charge is 2.21. The molecule has 3 aromatic rings. The molecular weight excluding hydrogens is 337 g/mol. The van der Waals surface area contributed by atoms with Crippen LogP contribution in [0.4, 0.5) is 30.7 Å². The Bertz CT molecular complexity index is 872. The molecule has 3 rings (SSSR count). The van der Waals surface area contributed by atoms with Crippen LogP contribution in [-0.2, 0) is 0 Å². The van der Waals surface area contributed by atoms with E-state index in [4.69, 9.17) is 0 Å². The third-order valence-electron chi connectivity index (χ3n) is 3.10. The van der Waals surface area contributed by atoms with E-state index >= 15 is 0 Å². The number of hydrogen-bond acceptors (Lipinski definition) is 0. The monoisotopic (exact) mass is 350 g/mol. The minimum absolute atomic E-state index is 0.0423. The van der Waals surface area contributed by atoms with E-state index in [-0.39, 0.29) is 10.8 Å². The second kappa shape index (κ2) is 7.99. The van der Waals surface area contributed by atoms with Crippen LogP contribution in [0.5, 0.6) is 0 Å². The molecule has 0 aliphatic rings. The fraction of sp³-hybridized carbons (Fsp3) is 0.176. The van der Waals surface area contributed by atoms with Gasteiger partial charge in [-0.3, -0.25) is 4.39 Å². The van der Waals surface area contributed by atoms with Crippen LogP contribution in [0.25, 0.3) is 21.5 Å². The molecule has 0 atom stereocenters. The Morgan fingerprint density at radius 1 is 0.542 bits per heavy atom. The van der Waals surface area contributed by atoms with E-state index in [1.807, 2.05) is 13.8 Å². The van der Waals surface area contributed by atoms with Gasteiger partial charge in [0, 0.05) is 16.2 Å². The quantitative estimate of drug-likeness (QED) is 0.189. The van der Waals surface area contributed by atoms with Crippen LogP contribution >= 0.6 is 0 Å². The molecule has 7 heteroatoms. The Morgan fingerprint density at radius 2 is 1.00 bits per heavy atom. The fourth-order valence-corrected chi connectivity index (χ4v) is 2.10. The van der Waals surface area contributed by atoms with Gasteiger partial charge in [0.15, 0.2) is 34.9 Å². The lowest BCUT2D eigenvalue weighted by Gasteiger charge is -2.07. The van der Waals surface area contributed by atoms with Gasteiger partial charge < -0.3 is 0 Å². The average molecular weight is 350 g/mol. The van der Waals surface area contributed by atoms with Crippen molar-refractivity contribution >= 4 is 21.5 Å². The third kappa shape index (κ3) is 3.16. The van der Waals surface area contributed by atoms with Crippen LogP contribution in [-0.4, -0.2) is 7.18 Å². The van der Waals surface area contributed by atoms with Crippen molar-refractivity contribution < 1.29 is 30.7 Å². The van der Waals surface area contributed by atoms with Crippen LogP contribution < -0.4 is 0 Å². The van der Waals surface area contributed by atoms with Crippen LogP contribution in [0.3, 0.4) is 0 Å². The number of benzene rings is 3. The van der Waals surface area contributed by atoms with Gasteiger partial charge >= 0.3 is 0 Å². The lowest BCUT2D eigenvalue weighted by Crippen LogP contribution is -1.98. The highest BCUT2D eigenvalue weighted by Crippen LogP contribution is 2.32. The van der Waals surface area contributed by atoms with Crippen LogP contribution in [0, 0.1) is 34.9 Å². The summed E-state index contributed by atoms with van der Waals surface area (Å²) < 4.78 is 89.7. The molecule has 0 fully saturated rings. The Kier molecular flexibility index (Phi) is 6.57. The second-order valence-corrected chi connectivity index (χ2v) is 4.24. The molecule has 24 heavy (non-hydrogen) atoms. The zero-order chi connectivity index (χ0) is 18.6. The summed E-state index contributed by atoms with van der Waals surface area (Å²) in [6.07, 6.45) is 0. The summed E-state index contributed by atoms with van der Waals surface area (Å²) in [6.45, 7) is 4.00. The molecule has 130 valence electrons. The molecule has 0 saturated carbocycles. The van der Waals surface area contributed by atoms with Gasteiger partial charge in [0.05, 0.1) is 7.18 Å². The van der Waals surface area contributed by atoms with Crippen molar-refractivity contribution in [1.82, 2.24) is 0 Å². The average Bonchev–Trinajstić information content (AvgIpc) is 2.63. The van der Waals surface area contributed by atoms with Gasteiger partial charge in [-0.25, -0.2) is 26.3 Å². The van der Waals surface area contributed by atoms with E-state index in [1.54, 1.807) is 0 Å². The van der Waals surface area contributed by atoms with Crippen molar-refractivity contribution in [1.29, 1.82) is 0 Å². The summed E-state index contributed by atoms with van der Waals surface area (Å²) >= 11 is 0. The number of halogens is 7. The zero-order valence-electron chi connectivity index (χ0n) is 13.0. The molecule has 0 heterocycles. The molecule has 0 spiro atoms. The first-order valence-corrected chi connectivity index (χ1v) is 6.83. The number of rotatable bonds is 0. The zero-order valence-corrected chi connectivity index (χ0v) is 13.0. The maximum atomic E-state index is 13.6. The van der Waals surface area contributed by atoms with E-state index in [0.29, 0.717) is 7.18 Å². The lowest BCUT2D eigenvalue weighted by molar-refractivity contribution is 0.418. The predicted octanol–water partition coefficient (Wildman–Crippen LogP) is 6.44. The second-order valence-electron chi connectivity index (χ2n) is 4.24. The normalized spacial score (nSPS) is 10.1. The molecule has 0 aliphatic carbocycles. The largest absolute Gasteiger partial charge is 0.255 e. The van der Waals surface area contributed by atoms with E-state index < -0.39 is 45.7 Å². The van der Waals surface area contributed by atoms with Crippen LogP contribution in [0.1, 0.15) is 13.8 Å². The Hall–Kier alpha value is -2.31. The van der Waals surface area contributed by atoms with E-state index in [0.717, 1.165) is 24.3 Å². The summed E-state index contributed by atoms with van der Waals surface area (Å²) in [5.74, 6) is -9.62. The van der Waals surface area contributed by atoms with Gasteiger partial charge in [0.25, 0.3) is 0 Å². The molecule has 0 radical (unpaired) electrons. The molecule has 0 nitrogen and oxygen atoms in total.